The van der Waals surface area contributed by atoms with E-state index >= 15 is 0 Å². The molecular formula is C12H15NOS. The van der Waals surface area contributed by atoms with Crippen molar-refractivity contribution in [2.45, 2.75) is 6.42 Å². The minimum absolute atomic E-state index is 0.347. The van der Waals surface area contributed by atoms with Gasteiger partial charge in [0.15, 0.2) is 0 Å². The Kier molecular flexibility index (Phi) is 2.93. The summed E-state index contributed by atoms with van der Waals surface area (Å²) in [6.45, 7) is 1.07. The molecule has 0 saturated carbocycles. The van der Waals surface area contributed by atoms with Crippen molar-refractivity contribution in [1.29, 1.82) is 0 Å². The predicted molar refractivity (Wildman–Crippen MR) is 65.7 cm³/mol. The molecule has 0 radical (unpaired) electrons. The Labute approximate surface area is 93.8 Å². The lowest BCUT2D eigenvalue weighted by Gasteiger charge is -2.06. The van der Waals surface area contributed by atoms with Crippen LogP contribution in [0.25, 0.3) is 10.1 Å². The number of benzene rings is 1. The van der Waals surface area contributed by atoms with Gasteiger partial charge in [-0.25, -0.2) is 0 Å². The van der Waals surface area contributed by atoms with Crippen LogP contribution in [-0.4, -0.2) is 30.6 Å². The number of likely N-dealkylation sites (N-methyl/N-ethyl adjacent to an activating group) is 1. The van der Waals surface area contributed by atoms with E-state index in [9.17, 15) is 5.11 Å². The average Bonchev–Trinajstić information content (AvgIpc) is 2.56. The molecule has 3 heteroatoms. The van der Waals surface area contributed by atoms with Gasteiger partial charge in [-0.1, -0.05) is 0 Å². The normalized spacial score (nSPS) is 11.4. The summed E-state index contributed by atoms with van der Waals surface area (Å²) in [5.74, 6) is 0.347. The van der Waals surface area contributed by atoms with E-state index in [-0.39, 0.29) is 0 Å². The number of phenols is 1. The number of hydrogen-bond donors (Lipinski definition) is 1. The standard InChI is InChI=1S/C12H15NOS/c1-13(2)6-5-11-8-9-7-10(14)3-4-12(9)15-11/h3-4,7-8,14H,5-6H2,1-2H3. The summed E-state index contributed by atoms with van der Waals surface area (Å²) >= 11 is 1.81. The van der Waals surface area contributed by atoms with Crippen molar-refractivity contribution in [1.82, 2.24) is 4.90 Å². The fourth-order valence-electron chi connectivity index (χ4n) is 1.54. The van der Waals surface area contributed by atoms with Gasteiger partial charge in [-0.15, -0.1) is 11.3 Å². The van der Waals surface area contributed by atoms with Crippen molar-refractivity contribution < 1.29 is 5.11 Å². The number of aromatic hydroxyl groups is 1. The van der Waals surface area contributed by atoms with Crippen LogP contribution in [0.5, 0.6) is 5.75 Å². The Balaban J connectivity index is 2.23. The van der Waals surface area contributed by atoms with E-state index in [0.29, 0.717) is 5.75 Å². The van der Waals surface area contributed by atoms with Gasteiger partial charge in [-0.05, 0) is 50.2 Å². The smallest absolute Gasteiger partial charge is 0.116 e. The molecule has 0 aliphatic rings. The monoisotopic (exact) mass is 221 g/mol. The van der Waals surface area contributed by atoms with Crippen LogP contribution in [0.1, 0.15) is 4.88 Å². The largest absolute Gasteiger partial charge is 0.508 e. The van der Waals surface area contributed by atoms with Gasteiger partial charge < -0.3 is 10.0 Å². The van der Waals surface area contributed by atoms with Gasteiger partial charge in [0.05, 0.1) is 0 Å². The van der Waals surface area contributed by atoms with E-state index in [2.05, 4.69) is 25.1 Å². The predicted octanol–water partition coefficient (Wildman–Crippen LogP) is 2.71. The van der Waals surface area contributed by atoms with E-state index in [1.165, 1.54) is 9.58 Å². The summed E-state index contributed by atoms with van der Waals surface area (Å²) < 4.78 is 1.25. The number of rotatable bonds is 3. The zero-order valence-electron chi connectivity index (χ0n) is 9.03. The van der Waals surface area contributed by atoms with Gasteiger partial charge in [-0.2, -0.15) is 0 Å². The Morgan fingerprint density at radius 1 is 1.27 bits per heavy atom. The third kappa shape index (κ3) is 2.49. The Morgan fingerprint density at radius 3 is 2.80 bits per heavy atom. The molecule has 2 aromatic rings. The topological polar surface area (TPSA) is 23.5 Å². The molecule has 0 bridgehead atoms. The molecule has 2 nitrogen and oxygen atoms in total. The first-order valence-electron chi connectivity index (χ1n) is 5.01. The van der Waals surface area contributed by atoms with E-state index in [4.69, 9.17) is 0 Å². The van der Waals surface area contributed by atoms with Crippen LogP contribution in [0.2, 0.25) is 0 Å². The van der Waals surface area contributed by atoms with Crippen molar-refractivity contribution >= 4 is 21.4 Å². The van der Waals surface area contributed by atoms with Crippen LogP contribution in [0.4, 0.5) is 0 Å². The minimum Gasteiger partial charge on any atom is -0.508 e. The molecule has 0 saturated heterocycles. The van der Waals surface area contributed by atoms with E-state index < -0.39 is 0 Å². The van der Waals surface area contributed by atoms with Crippen LogP contribution >= 0.6 is 11.3 Å². The third-order valence-electron chi connectivity index (χ3n) is 2.36. The zero-order chi connectivity index (χ0) is 10.8. The van der Waals surface area contributed by atoms with Crippen LogP contribution in [0, 0.1) is 0 Å². The molecule has 80 valence electrons. The Morgan fingerprint density at radius 2 is 2.07 bits per heavy atom. The minimum atomic E-state index is 0.347. The van der Waals surface area contributed by atoms with Crippen LogP contribution in [0.15, 0.2) is 24.3 Å². The second kappa shape index (κ2) is 4.21. The summed E-state index contributed by atoms with van der Waals surface area (Å²) in [6, 6.07) is 7.72. The van der Waals surface area contributed by atoms with Gasteiger partial charge in [0, 0.05) is 16.1 Å². The molecule has 0 spiro atoms. The molecule has 0 aliphatic carbocycles. The molecule has 0 fully saturated rings. The summed E-state index contributed by atoms with van der Waals surface area (Å²) in [5, 5.41) is 10.5. The van der Waals surface area contributed by atoms with Gasteiger partial charge in [0.1, 0.15) is 5.75 Å². The SMILES string of the molecule is CN(C)CCc1cc2cc(O)ccc2s1. The van der Waals surface area contributed by atoms with E-state index in [1.807, 2.05) is 23.5 Å². The summed E-state index contributed by atoms with van der Waals surface area (Å²) in [7, 11) is 4.16. The molecule has 0 aliphatic heterocycles. The molecule has 2 rings (SSSR count). The van der Waals surface area contributed by atoms with E-state index in [1.54, 1.807) is 6.07 Å². The molecule has 15 heavy (non-hydrogen) atoms. The highest BCUT2D eigenvalue weighted by atomic mass is 32.1. The highest BCUT2D eigenvalue weighted by molar-refractivity contribution is 7.19. The summed E-state index contributed by atoms with van der Waals surface area (Å²) in [5.41, 5.74) is 0. The number of thiophene rings is 1. The van der Waals surface area contributed by atoms with Crippen LogP contribution in [-0.2, 0) is 6.42 Å². The van der Waals surface area contributed by atoms with Gasteiger partial charge >= 0.3 is 0 Å². The lowest BCUT2D eigenvalue weighted by atomic mass is 10.2. The first-order valence-corrected chi connectivity index (χ1v) is 5.83. The molecule has 0 amide bonds. The van der Waals surface area contributed by atoms with E-state index in [0.717, 1.165) is 18.4 Å². The number of phenolic OH excluding ortho intramolecular Hbond substituents is 1. The van der Waals surface area contributed by atoms with Gasteiger partial charge in [0.25, 0.3) is 0 Å². The van der Waals surface area contributed by atoms with Crippen molar-refractivity contribution in [2.24, 2.45) is 0 Å². The second-order valence-electron chi connectivity index (χ2n) is 3.99. The van der Waals surface area contributed by atoms with Crippen molar-refractivity contribution in [3.05, 3.63) is 29.1 Å². The van der Waals surface area contributed by atoms with Crippen LogP contribution < -0.4 is 0 Å². The molecule has 1 aromatic heterocycles. The van der Waals surface area contributed by atoms with Crippen LogP contribution in [0.3, 0.4) is 0 Å². The number of hydrogen-bond acceptors (Lipinski definition) is 3. The second-order valence-corrected chi connectivity index (χ2v) is 5.16. The number of fused-ring (bicyclic) bond motifs is 1. The fraction of sp³-hybridized carbons (Fsp3) is 0.333. The van der Waals surface area contributed by atoms with Crippen molar-refractivity contribution in [3.63, 3.8) is 0 Å². The highest BCUT2D eigenvalue weighted by Crippen LogP contribution is 2.28. The molecule has 1 heterocycles. The summed E-state index contributed by atoms with van der Waals surface area (Å²) in [4.78, 5) is 3.56. The molecule has 0 unspecified atom stereocenters. The zero-order valence-corrected chi connectivity index (χ0v) is 9.84. The highest BCUT2D eigenvalue weighted by Gasteiger charge is 2.02. The number of nitrogens with zero attached hydrogens (tertiary/aromatic N) is 1. The molecular weight excluding hydrogens is 206 g/mol. The quantitative estimate of drug-likeness (QED) is 0.861. The lowest BCUT2D eigenvalue weighted by Crippen LogP contribution is -2.14. The van der Waals surface area contributed by atoms with Crippen molar-refractivity contribution in [2.75, 3.05) is 20.6 Å². The van der Waals surface area contributed by atoms with Crippen molar-refractivity contribution in [3.8, 4) is 5.75 Å². The Bertz CT molecular complexity index is 462. The maximum atomic E-state index is 9.35. The molecule has 0 atom stereocenters. The maximum Gasteiger partial charge on any atom is 0.116 e. The van der Waals surface area contributed by atoms with Gasteiger partial charge in [0.2, 0.25) is 0 Å². The Hall–Kier alpha value is -1.06. The first kappa shape index (κ1) is 10.5. The fourth-order valence-corrected chi connectivity index (χ4v) is 2.58. The lowest BCUT2D eigenvalue weighted by molar-refractivity contribution is 0.415. The molecule has 1 aromatic carbocycles. The molecule has 1 N–H and O–H groups in total. The maximum absolute atomic E-state index is 9.35. The summed E-state index contributed by atoms with van der Waals surface area (Å²) in [6.07, 6.45) is 1.08. The first-order chi connectivity index (χ1) is 7.15. The third-order valence-corrected chi connectivity index (χ3v) is 3.53. The average molecular weight is 221 g/mol. The van der Waals surface area contributed by atoms with Gasteiger partial charge in [-0.3, -0.25) is 0 Å².